The van der Waals surface area contributed by atoms with Gasteiger partial charge >= 0.3 is 0 Å². The molecule has 0 bridgehead atoms. The number of nitrogens with two attached hydrogens (primary N) is 1. The molecule has 0 atom stereocenters. The van der Waals surface area contributed by atoms with Crippen molar-refractivity contribution in [3.05, 3.63) is 71.3 Å². The molecule has 0 aliphatic carbocycles. The Bertz CT molecular complexity index is 786. The van der Waals surface area contributed by atoms with Crippen LogP contribution >= 0.6 is 0 Å². The number of allylic oxidation sites excluding steroid dienone is 4. The Balaban J connectivity index is 1.77. The van der Waals surface area contributed by atoms with Crippen LogP contribution in [-0.2, 0) is 11.2 Å². The summed E-state index contributed by atoms with van der Waals surface area (Å²) >= 11 is 0. The molecule has 6 nitrogen and oxygen atoms in total. The highest BCUT2D eigenvalue weighted by atomic mass is 16.5. The summed E-state index contributed by atoms with van der Waals surface area (Å²) in [5.74, 6) is 0.963. The lowest BCUT2D eigenvalue weighted by atomic mass is 10.1. The van der Waals surface area contributed by atoms with Crippen molar-refractivity contribution in [3.63, 3.8) is 0 Å². The predicted octanol–water partition coefficient (Wildman–Crippen LogP) is 2.69. The number of nitrogens with one attached hydrogen (secondary N) is 1. The standard InChI is InChI=1S/C20H25N5O/c1-2-3-19(21)17(5-4-16-6-8-22-9-7-16)14-18-15-20(24-23-18)25-10-12-26-13-11-25/h2-9,15H,10-14,21H2,1H3,(H,23,24)/b3-2-,5-4+,19-17-. The van der Waals surface area contributed by atoms with Gasteiger partial charge in [0.15, 0.2) is 5.82 Å². The van der Waals surface area contributed by atoms with E-state index in [0.717, 1.165) is 54.6 Å². The van der Waals surface area contributed by atoms with E-state index in [1.165, 1.54) is 0 Å². The van der Waals surface area contributed by atoms with Crippen LogP contribution in [0.25, 0.3) is 6.08 Å². The number of nitrogens with zero attached hydrogens (tertiary/aromatic N) is 3. The molecule has 1 aliphatic rings. The van der Waals surface area contributed by atoms with Gasteiger partial charge in [-0.15, -0.1) is 0 Å². The fraction of sp³-hybridized carbons (Fsp3) is 0.300. The minimum atomic E-state index is 0.690. The highest BCUT2D eigenvalue weighted by molar-refractivity contribution is 5.54. The molecule has 6 heteroatoms. The lowest BCUT2D eigenvalue weighted by molar-refractivity contribution is 0.122. The molecule has 26 heavy (non-hydrogen) atoms. The van der Waals surface area contributed by atoms with E-state index in [-0.39, 0.29) is 0 Å². The van der Waals surface area contributed by atoms with Crippen molar-refractivity contribution < 1.29 is 4.74 Å². The van der Waals surface area contributed by atoms with E-state index < -0.39 is 0 Å². The molecule has 1 saturated heterocycles. The van der Waals surface area contributed by atoms with Gasteiger partial charge in [-0.1, -0.05) is 18.2 Å². The summed E-state index contributed by atoms with van der Waals surface area (Å²) in [7, 11) is 0. The van der Waals surface area contributed by atoms with E-state index in [2.05, 4.69) is 32.2 Å². The zero-order chi connectivity index (χ0) is 18.2. The molecule has 0 spiro atoms. The Morgan fingerprint density at radius 3 is 2.77 bits per heavy atom. The van der Waals surface area contributed by atoms with Crippen molar-refractivity contribution in [1.82, 2.24) is 15.2 Å². The Morgan fingerprint density at radius 1 is 1.27 bits per heavy atom. The van der Waals surface area contributed by atoms with Crippen LogP contribution in [0.3, 0.4) is 0 Å². The maximum absolute atomic E-state index is 6.26. The van der Waals surface area contributed by atoms with Gasteiger partial charge in [-0.2, -0.15) is 5.10 Å². The molecule has 1 fully saturated rings. The van der Waals surface area contributed by atoms with Gasteiger partial charge < -0.3 is 15.4 Å². The molecule has 0 radical (unpaired) electrons. The summed E-state index contributed by atoms with van der Waals surface area (Å²) in [4.78, 5) is 6.27. The molecule has 2 aromatic rings. The summed E-state index contributed by atoms with van der Waals surface area (Å²) in [5, 5.41) is 7.59. The maximum atomic E-state index is 6.26. The molecule has 2 aromatic heterocycles. The number of anilines is 1. The Kier molecular flexibility index (Phi) is 6.22. The summed E-state index contributed by atoms with van der Waals surface area (Å²) in [6.45, 7) is 5.20. The largest absolute Gasteiger partial charge is 0.399 e. The average molecular weight is 351 g/mol. The third-order valence-corrected chi connectivity index (χ3v) is 4.23. The Morgan fingerprint density at radius 2 is 2.04 bits per heavy atom. The molecule has 0 amide bonds. The van der Waals surface area contributed by atoms with Gasteiger partial charge in [0.05, 0.1) is 13.2 Å². The van der Waals surface area contributed by atoms with Crippen LogP contribution in [0.4, 0.5) is 5.82 Å². The SMILES string of the molecule is C\C=C/C(N)=C(\C=C\c1ccncc1)Cc1cc(N2CCOCC2)n[nH]1. The summed E-state index contributed by atoms with van der Waals surface area (Å²) in [6, 6.07) is 6.02. The number of hydrogen-bond acceptors (Lipinski definition) is 5. The zero-order valence-electron chi connectivity index (χ0n) is 15.1. The molecule has 1 aliphatic heterocycles. The quantitative estimate of drug-likeness (QED) is 0.782. The minimum absolute atomic E-state index is 0.690. The Labute approximate surface area is 154 Å². The summed E-state index contributed by atoms with van der Waals surface area (Å²) < 4.78 is 5.40. The average Bonchev–Trinajstić information content (AvgIpc) is 3.15. The van der Waals surface area contributed by atoms with Gasteiger partial charge in [-0.25, -0.2) is 0 Å². The molecule has 3 heterocycles. The highest BCUT2D eigenvalue weighted by Crippen LogP contribution is 2.18. The molecular weight excluding hydrogens is 326 g/mol. The predicted molar refractivity (Wildman–Crippen MR) is 105 cm³/mol. The van der Waals surface area contributed by atoms with Crippen molar-refractivity contribution in [1.29, 1.82) is 0 Å². The van der Waals surface area contributed by atoms with Crippen molar-refractivity contribution >= 4 is 11.9 Å². The van der Waals surface area contributed by atoms with Crippen LogP contribution in [0, 0.1) is 0 Å². The monoisotopic (exact) mass is 351 g/mol. The number of aromatic nitrogens is 3. The Hall–Kier alpha value is -2.86. The maximum Gasteiger partial charge on any atom is 0.150 e. The number of H-pyrrole nitrogens is 1. The molecular formula is C20H25N5O. The number of morpholine rings is 1. The van der Waals surface area contributed by atoms with Gasteiger partial charge in [0.1, 0.15) is 0 Å². The molecule has 0 saturated carbocycles. The first-order valence-corrected chi connectivity index (χ1v) is 8.82. The number of hydrogen-bond donors (Lipinski definition) is 2. The van der Waals surface area contributed by atoms with E-state index in [9.17, 15) is 0 Å². The molecule has 0 aromatic carbocycles. The first-order valence-electron chi connectivity index (χ1n) is 8.82. The van der Waals surface area contributed by atoms with Crippen LogP contribution in [0.15, 0.2) is 60.1 Å². The second kappa shape index (κ2) is 9.01. The third-order valence-electron chi connectivity index (χ3n) is 4.23. The van der Waals surface area contributed by atoms with Gasteiger partial charge in [0.2, 0.25) is 0 Å². The van der Waals surface area contributed by atoms with Crippen LogP contribution in [-0.4, -0.2) is 41.5 Å². The molecule has 3 rings (SSSR count). The van der Waals surface area contributed by atoms with Crippen LogP contribution in [0.2, 0.25) is 0 Å². The second-order valence-corrected chi connectivity index (χ2v) is 6.12. The lowest BCUT2D eigenvalue weighted by Gasteiger charge is -2.26. The van der Waals surface area contributed by atoms with Crippen LogP contribution in [0.1, 0.15) is 18.2 Å². The van der Waals surface area contributed by atoms with Gasteiger partial charge in [0.25, 0.3) is 0 Å². The third kappa shape index (κ3) is 4.83. The number of ether oxygens (including phenoxy) is 1. The fourth-order valence-corrected chi connectivity index (χ4v) is 2.81. The summed E-state index contributed by atoms with van der Waals surface area (Å²) in [5.41, 5.74) is 10.2. The first kappa shape index (κ1) is 17.9. The van der Waals surface area contributed by atoms with Gasteiger partial charge in [0, 0.05) is 49.4 Å². The van der Waals surface area contributed by atoms with Crippen molar-refractivity contribution in [2.75, 3.05) is 31.2 Å². The molecule has 3 N–H and O–H groups in total. The van der Waals surface area contributed by atoms with E-state index >= 15 is 0 Å². The van der Waals surface area contributed by atoms with Crippen molar-refractivity contribution in [2.24, 2.45) is 5.73 Å². The minimum Gasteiger partial charge on any atom is -0.399 e. The summed E-state index contributed by atoms with van der Waals surface area (Å²) in [6.07, 6.45) is 12.2. The zero-order valence-corrected chi connectivity index (χ0v) is 15.1. The van der Waals surface area contributed by atoms with Gasteiger partial charge in [-0.05, 0) is 36.3 Å². The van der Waals surface area contributed by atoms with Crippen molar-refractivity contribution in [3.8, 4) is 0 Å². The lowest BCUT2D eigenvalue weighted by Crippen LogP contribution is -2.36. The second-order valence-electron chi connectivity index (χ2n) is 6.12. The smallest absolute Gasteiger partial charge is 0.150 e. The first-order chi connectivity index (χ1) is 12.8. The number of pyridine rings is 1. The van der Waals surface area contributed by atoms with Crippen LogP contribution in [0.5, 0.6) is 0 Å². The van der Waals surface area contributed by atoms with Crippen molar-refractivity contribution in [2.45, 2.75) is 13.3 Å². The highest BCUT2D eigenvalue weighted by Gasteiger charge is 2.14. The van der Waals surface area contributed by atoms with Crippen LogP contribution < -0.4 is 10.6 Å². The topological polar surface area (TPSA) is 80.1 Å². The molecule has 136 valence electrons. The number of rotatable bonds is 6. The van der Waals surface area contributed by atoms with E-state index in [1.807, 2.05) is 37.3 Å². The normalized spacial score (nSPS) is 16.4. The fourth-order valence-electron chi connectivity index (χ4n) is 2.81. The number of aromatic amines is 1. The molecule has 0 unspecified atom stereocenters. The van der Waals surface area contributed by atoms with E-state index in [4.69, 9.17) is 10.5 Å². The van der Waals surface area contributed by atoms with Gasteiger partial charge in [-0.3, -0.25) is 10.1 Å². The van der Waals surface area contributed by atoms with E-state index in [0.29, 0.717) is 6.42 Å². The van der Waals surface area contributed by atoms with E-state index in [1.54, 1.807) is 12.4 Å².